The molecule has 1 aromatic carbocycles. The summed E-state index contributed by atoms with van der Waals surface area (Å²) >= 11 is 0. The van der Waals surface area contributed by atoms with Crippen LogP contribution in [0.25, 0.3) is 0 Å². The summed E-state index contributed by atoms with van der Waals surface area (Å²) in [5, 5.41) is 2.82. The Balaban J connectivity index is 1.34. The number of nitrogens with zero attached hydrogens (tertiary/aromatic N) is 5. The first kappa shape index (κ1) is 22.1. The number of carbonyl (C=O) groups is 1. The van der Waals surface area contributed by atoms with Crippen LogP contribution in [0.2, 0.25) is 0 Å². The number of nitrogens with one attached hydrogen (secondary N) is 1. The average Bonchev–Trinajstić information content (AvgIpc) is 2.84. The second-order valence-corrected chi connectivity index (χ2v) is 7.21. The van der Waals surface area contributed by atoms with E-state index in [2.05, 4.69) is 25.2 Å². The molecular weight excluding hydrogens is 429 g/mol. The predicted molar refractivity (Wildman–Crippen MR) is 121 cm³/mol. The number of aromatic nitrogens is 3. The first-order valence-electron chi connectivity index (χ1n) is 10.4. The Bertz CT molecular complexity index is 1090. The number of benzene rings is 1. The summed E-state index contributed by atoms with van der Waals surface area (Å²) in [5.74, 6) is 1.87. The lowest BCUT2D eigenvalue weighted by Gasteiger charge is -2.35. The van der Waals surface area contributed by atoms with Gasteiger partial charge in [-0.05, 0) is 30.3 Å². The van der Waals surface area contributed by atoms with Gasteiger partial charge in [0.05, 0.1) is 5.69 Å². The smallest absolute Gasteiger partial charge is 0.321 e. The summed E-state index contributed by atoms with van der Waals surface area (Å²) in [4.78, 5) is 28.9. The molecule has 33 heavy (non-hydrogen) atoms. The zero-order valence-electron chi connectivity index (χ0n) is 17.9. The van der Waals surface area contributed by atoms with E-state index < -0.39 is 6.86 Å². The molecule has 2 amide bonds. The fourth-order valence-corrected chi connectivity index (χ4v) is 3.43. The number of ether oxygens (including phenoxy) is 2. The first-order valence-corrected chi connectivity index (χ1v) is 10.4. The summed E-state index contributed by atoms with van der Waals surface area (Å²) in [6, 6.07) is 11.8. The van der Waals surface area contributed by atoms with Crippen LogP contribution < -0.4 is 25.4 Å². The highest BCUT2D eigenvalue weighted by Gasteiger charge is 2.24. The van der Waals surface area contributed by atoms with Crippen LogP contribution in [0, 0.1) is 0 Å². The Hall–Kier alpha value is -4.15. The van der Waals surface area contributed by atoms with Crippen LogP contribution in [0.3, 0.4) is 0 Å². The van der Waals surface area contributed by atoms with Gasteiger partial charge in [-0.1, -0.05) is 6.07 Å². The molecule has 172 valence electrons. The summed E-state index contributed by atoms with van der Waals surface area (Å²) < 4.78 is 23.1. The van der Waals surface area contributed by atoms with Gasteiger partial charge in [0.2, 0.25) is 12.8 Å². The number of carbonyl (C=O) groups excluding carboxylic acids is 1. The molecule has 1 saturated heterocycles. The number of pyridine rings is 1. The van der Waals surface area contributed by atoms with E-state index in [1.165, 1.54) is 0 Å². The number of nitrogen functional groups attached to an aromatic ring is 1. The van der Waals surface area contributed by atoms with Crippen LogP contribution in [-0.4, -0.2) is 58.9 Å². The number of halogens is 1. The van der Waals surface area contributed by atoms with Crippen molar-refractivity contribution in [3.63, 3.8) is 0 Å². The van der Waals surface area contributed by atoms with Crippen molar-refractivity contribution in [2.24, 2.45) is 0 Å². The molecule has 0 aliphatic carbocycles. The summed E-state index contributed by atoms with van der Waals surface area (Å²) in [6.07, 6.45) is 3.29. The van der Waals surface area contributed by atoms with Crippen molar-refractivity contribution in [3.05, 3.63) is 60.6 Å². The fourth-order valence-electron chi connectivity index (χ4n) is 3.43. The molecule has 1 aliphatic heterocycles. The minimum atomic E-state index is -0.925. The molecule has 0 unspecified atom stereocenters. The van der Waals surface area contributed by atoms with Crippen LogP contribution in [0.5, 0.6) is 11.5 Å². The van der Waals surface area contributed by atoms with Crippen LogP contribution in [-0.2, 0) is 6.61 Å². The number of amides is 2. The second-order valence-electron chi connectivity index (χ2n) is 7.21. The van der Waals surface area contributed by atoms with Crippen molar-refractivity contribution < 1.29 is 18.7 Å². The van der Waals surface area contributed by atoms with Gasteiger partial charge >= 0.3 is 6.03 Å². The monoisotopic (exact) mass is 453 g/mol. The molecule has 0 bridgehead atoms. The third kappa shape index (κ3) is 5.76. The van der Waals surface area contributed by atoms with Crippen molar-refractivity contribution in [1.29, 1.82) is 0 Å². The van der Waals surface area contributed by atoms with Crippen LogP contribution in [0.15, 0.2) is 54.9 Å². The number of alkyl halides is 1. The van der Waals surface area contributed by atoms with E-state index in [1.54, 1.807) is 53.7 Å². The topological polar surface area (TPSA) is 119 Å². The minimum absolute atomic E-state index is 0.193. The summed E-state index contributed by atoms with van der Waals surface area (Å²) in [5.41, 5.74) is 6.83. The fraction of sp³-hybridized carbons (Fsp3) is 0.273. The maximum absolute atomic E-state index is 12.7. The largest absolute Gasteiger partial charge is 0.483 e. The van der Waals surface area contributed by atoms with Crippen molar-refractivity contribution in [2.45, 2.75) is 6.61 Å². The number of nitrogens with two attached hydrogens (primary N) is 1. The number of hydrogen-bond donors (Lipinski definition) is 2. The third-order valence-electron chi connectivity index (χ3n) is 5.03. The second kappa shape index (κ2) is 10.4. The van der Waals surface area contributed by atoms with Crippen LogP contribution in [0.1, 0.15) is 5.69 Å². The normalized spacial score (nSPS) is 13.5. The molecule has 3 aromatic rings. The van der Waals surface area contributed by atoms with Gasteiger partial charge in [-0.3, -0.25) is 0 Å². The molecule has 4 rings (SSSR count). The average molecular weight is 453 g/mol. The van der Waals surface area contributed by atoms with Crippen LogP contribution >= 0.6 is 0 Å². The number of rotatable bonds is 7. The number of hydrogen-bond acceptors (Lipinski definition) is 8. The quantitative estimate of drug-likeness (QED) is 0.561. The van der Waals surface area contributed by atoms with Crippen molar-refractivity contribution >= 4 is 23.5 Å². The van der Waals surface area contributed by atoms with Gasteiger partial charge in [-0.25, -0.2) is 24.1 Å². The standard InChI is InChI=1S/C22H24FN7O3/c23-15-33-18-4-1-3-16(13-18)28-22(31)30-11-9-29(10-12-30)20-19(5-2-7-25-20)32-14-17-6-8-26-21(24)27-17/h1-8,13H,9-12,14-15H2,(H,28,31)(H2,24,26,27). The summed E-state index contributed by atoms with van der Waals surface area (Å²) in [6.45, 7) is 1.50. The lowest BCUT2D eigenvalue weighted by Crippen LogP contribution is -2.50. The Morgan fingerprint density at radius 3 is 2.70 bits per heavy atom. The number of urea groups is 1. The first-order chi connectivity index (χ1) is 16.1. The van der Waals surface area contributed by atoms with Crippen molar-refractivity contribution in [1.82, 2.24) is 19.9 Å². The number of piperazine rings is 1. The van der Waals surface area contributed by atoms with Gasteiger partial charge in [0, 0.05) is 50.3 Å². The molecule has 10 nitrogen and oxygen atoms in total. The maximum Gasteiger partial charge on any atom is 0.321 e. The Labute approximate surface area is 190 Å². The zero-order chi connectivity index (χ0) is 23.0. The molecule has 3 heterocycles. The van der Waals surface area contributed by atoms with Crippen LogP contribution in [0.4, 0.5) is 26.6 Å². The highest BCUT2D eigenvalue weighted by atomic mass is 19.1. The van der Waals surface area contributed by atoms with Gasteiger partial charge in [0.1, 0.15) is 12.4 Å². The van der Waals surface area contributed by atoms with E-state index in [1.807, 2.05) is 6.07 Å². The van der Waals surface area contributed by atoms with Gasteiger partial charge in [0.15, 0.2) is 11.6 Å². The van der Waals surface area contributed by atoms with E-state index in [0.29, 0.717) is 54.9 Å². The molecule has 0 atom stereocenters. The zero-order valence-corrected chi connectivity index (χ0v) is 17.9. The maximum atomic E-state index is 12.7. The third-order valence-corrected chi connectivity index (χ3v) is 5.03. The van der Waals surface area contributed by atoms with E-state index in [0.717, 1.165) is 0 Å². The molecule has 1 aliphatic rings. The van der Waals surface area contributed by atoms with Gasteiger partial charge < -0.3 is 30.3 Å². The SMILES string of the molecule is Nc1nccc(COc2cccnc2N2CCN(C(=O)Nc3cccc(OCF)c3)CC2)n1. The number of anilines is 3. The Morgan fingerprint density at radius 2 is 1.91 bits per heavy atom. The van der Waals surface area contributed by atoms with E-state index in [9.17, 15) is 9.18 Å². The molecule has 2 aromatic heterocycles. The molecule has 1 fully saturated rings. The van der Waals surface area contributed by atoms with Gasteiger partial charge in [-0.15, -0.1) is 0 Å². The molecule has 0 saturated carbocycles. The van der Waals surface area contributed by atoms with Gasteiger partial charge in [0.25, 0.3) is 0 Å². The lowest BCUT2D eigenvalue weighted by molar-refractivity contribution is 0.192. The molecule has 0 radical (unpaired) electrons. The van der Waals surface area contributed by atoms with Crippen molar-refractivity contribution in [2.75, 3.05) is 49.0 Å². The lowest BCUT2D eigenvalue weighted by atomic mass is 10.3. The molecule has 11 heteroatoms. The van der Waals surface area contributed by atoms with E-state index >= 15 is 0 Å². The molecular formula is C22H24FN7O3. The minimum Gasteiger partial charge on any atom is -0.483 e. The van der Waals surface area contributed by atoms with E-state index in [4.69, 9.17) is 15.2 Å². The highest BCUT2D eigenvalue weighted by Crippen LogP contribution is 2.27. The van der Waals surface area contributed by atoms with Gasteiger partial charge in [-0.2, -0.15) is 0 Å². The Morgan fingerprint density at radius 1 is 1.06 bits per heavy atom. The van der Waals surface area contributed by atoms with Crippen molar-refractivity contribution in [3.8, 4) is 11.5 Å². The Kier molecular flexibility index (Phi) is 6.98. The predicted octanol–water partition coefficient (Wildman–Crippen LogP) is 2.69. The van der Waals surface area contributed by atoms with E-state index in [-0.39, 0.29) is 18.6 Å². The highest BCUT2D eigenvalue weighted by molar-refractivity contribution is 5.89. The molecule has 3 N–H and O–H groups in total. The summed E-state index contributed by atoms with van der Waals surface area (Å²) in [7, 11) is 0. The molecule has 0 spiro atoms.